The highest BCUT2D eigenvalue weighted by molar-refractivity contribution is 6.31. The first kappa shape index (κ1) is 16.9. The fourth-order valence-electron chi connectivity index (χ4n) is 2.33. The van der Waals surface area contributed by atoms with Crippen LogP contribution in [0.1, 0.15) is 11.1 Å². The number of aromatic nitrogens is 2. The van der Waals surface area contributed by atoms with Gasteiger partial charge < -0.3 is 9.72 Å². The van der Waals surface area contributed by atoms with Gasteiger partial charge in [-0.2, -0.15) is 5.26 Å². The van der Waals surface area contributed by atoms with Crippen molar-refractivity contribution >= 4 is 46.6 Å². The molecule has 0 aliphatic rings. The number of nitriles is 1. The van der Waals surface area contributed by atoms with E-state index in [9.17, 15) is 5.26 Å². The van der Waals surface area contributed by atoms with Crippen molar-refractivity contribution in [3.05, 3.63) is 59.0 Å². The smallest absolute Gasteiger partial charge is 0.129 e. The van der Waals surface area contributed by atoms with E-state index >= 15 is 0 Å². The Bertz CT molecular complexity index is 910. The number of aromatic amines is 1. The van der Waals surface area contributed by atoms with E-state index in [2.05, 4.69) is 16.0 Å². The van der Waals surface area contributed by atoms with Crippen LogP contribution in [-0.4, -0.2) is 17.1 Å². The summed E-state index contributed by atoms with van der Waals surface area (Å²) in [6, 6.07) is 9.53. The first-order valence-electron chi connectivity index (χ1n) is 6.59. The van der Waals surface area contributed by atoms with Crippen LogP contribution in [0.3, 0.4) is 0 Å². The average Bonchev–Trinajstić information content (AvgIpc) is 2.95. The molecule has 6 heteroatoms. The van der Waals surface area contributed by atoms with Crippen molar-refractivity contribution in [2.24, 2.45) is 0 Å². The molecule has 0 spiro atoms. The van der Waals surface area contributed by atoms with Gasteiger partial charge in [0, 0.05) is 45.6 Å². The van der Waals surface area contributed by atoms with E-state index in [4.69, 9.17) is 16.3 Å². The minimum atomic E-state index is 0. The van der Waals surface area contributed by atoms with Crippen LogP contribution in [-0.2, 0) is 0 Å². The third-order valence-electron chi connectivity index (χ3n) is 3.38. The molecule has 0 atom stereocenters. The zero-order valence-electron chi connectivity index (χ0n) is 12.2. The average molecular weight is 346 g/mol. The number of allylic oxidation sites excluding steroid dienone is 1. The summed E-state index contributed by atoms with van der Waals surface area (Å²) in [5.41, 5.74) is 2.99. The Hall–Kier alpha value is -2.48. The Balaban J connectivity index is 0.00000192. The van der Waals surface area contributed by atoms with Crippen LogP contribution < -0.4 is 4.74 Å². The van der Waals surface area contributed by atoms with Gasteiger partial charge in [-0.3, -0.25) is 4.98 Å². The Kier molecular flexibility index (Phi) is 5.28. The monoisotopic (exact) mass is 345 g/mol. The van der Waals surface area contributed by atoms with Crippen molar-refractivity contribution < 1.29 is 4.74 Å². The number of hydrogen-bond donors (Lipinski definition) is 1. The number of ether oxygens (including phenoxy) is 1. The Labute approximate surface area is 144 Å². The molecule has 1 aromatic carbocycles. The number of methoxy groups -OCH3 is 1. The van der Waals surface area contributed by atoms with Gasteiger partial charge in [0.1, 0.15) is 5.75 Å². The summed E-state index contributed by atoms with van der Waals surface area (Å²) >= 11 is 6.06. The second-order valence-electron chi connectivity index (χ2n) is 4.68. The Morgan fingerprint density at radius 1 is 1.39 bits per heavy atom. The molecule has 0 aliphatic carbocycles. The number of nitrogens with zero attached hydrogens (tertiary/aromatic N) is 2. The van der Waals surface area contributed by atoms with Gasteiger partial charge in [0.05, 0.1) is 18.8 Å². The number of fused-ring (bicyclic) bond motifs is 1. The molecule has 0 unspecified atom stereocenters. The van der Waals surface area contributed by atoms with Crippen LogP contribution in [0, 0.1) is 11.3 Å². The van der Waals surface area contributed by atoms with Crippen LogP contribution in [0.25, 0.3) is 22.6 Å². The van der Waals surface area contributed by atoms with Crippen LogP contribution in [0.15, 0.2) is 42.9 Å². The number of hydrogen-bond acceptors (Lipinski definition) is 3. The van der Waals surface area contributed by atoms with Crippen molar-refractivity contribution in [2.75, 3.05) is 7.11 Å². The van der Waals surface area contributed by atoms with Crippen molar-refractivity contribution in [2.45, 2.75) is 0 Å². The molecule has 1 N–H and O–H groups in total. The fourth-order valence-corrected chi connectivity index (χ4v) is 2.50. The largest absolute Gasteiger partial charge is 0.496 e. The summed E-state index contributed by atoms with van der Waals surface area (Å²) in [6.07, 6.45) is 6.87. The summed E-state index contributed by atoms with van der Waals surface area (Å²) in [5, 5.41) is 11.1. The molecule has 0 fully saturated rings. The maximum absolute atomic E-state index is 9.53. The third kappa shape index (κ3) is 3.31. The molecule has 23 heavy (non-hydrogen) atoms. The predicted molar refractivity (Wildman–Crippen MR) is 94.8 cm³/mol. The van der Waals surface area contributed by atoms with Crippen molar-refractivity contribution in [3.63, 3.8) is 0 Å². The van der Waals surface area contributed by atoms with Gasteiger partial charge in [0.2, 0.25) is 0 Å². The van der Waals surface area contributed by atoms with Gasteiger partial charge in [0.15, 0.2) is 0 Å². The summed E-state index contributed by atoms with van der Waals surface area (Å²) in [5.74, 6) is 0.667. The molecule has 0 bridgehead atoms. The van der Waals surface area contributed by atoms with E-state index in [1.165, 1.54) is 0 Å². The van der Waals surface area contributed by atoms with E-state index in [1.807, 2.05) is 18.2 Å². The third-order valence-corrected chi connectivity index (χ3v) is 3.62. The number of halogens is 2. The zero-order valence-corrected chi connectivity index (χ0v) is 13.8. The lowest BCUT2D eigenvalue weighted by molar-refractivity contribution is 0.413. The van der Waals surface area contributed by atoms with Gasteiger partial charge in [-0.25, -0.2) is 0 Å². The predicted octanol–water partition coefficient (Wildman–Crippen LogP) is 4.71. The van der Waals surface area contributed by atoms with Gasteiger partial charge in [-0.1, -0.05) is 11.6 Å². The van der Waals surface area contributed by atoms with Crippen molar-refractivity contribution in [1.29, 1.82) is 5.26 Å². The molecule has 0 radical (unpaired) electrons. The quantitative estimate of drug-likeness (QED) is 0.699. The highest BCUT2D eigenvalue weighted by Crippen LogP contribution is 2.30. The highest BCUT2D eigenvalue weighted by atomic mass is 35.5. The zero-order chi connectivity index (χ0) is 15.5. The number of pyridine rings is 1. The van der Waals surface area contributed by atoms with Gasteiger partial charge >= 0.3 is 0 Å². The molecule has 0 saturated heterocycles. The lowest BCUT2D eigenvalue weighted by atomic mass is 10.0. The first-order valence-corrected chi connectivity index (χ1v) is 6.97. The molecular formula is C17H13Cl2N3O. The van der Waals surface area contributed by atoms with Gasteiger partial charge in [-0.15, -0.1) is 12.4 Å². The molecular weight excluding hydrogens is 333 g/mol. The summed E-state index contributed by atoms with van der Waals surface area (Å²) in [4.78, 5) is 7.22. The Morgan fingerprint density at radius 2 is 2.22 bits per heavy atom. The second kappa shape index (κ2) is 7.19. The normalized spacial score (nSPS) is 10.9. The van der Waals surface area contributed by atoms with Crippen LogP contribution in [0.5, 0.6) is 5.75 Å². The van der Waals surface area contributed by atoms with Crippen LogP contribution in [0.4, 0.5) is 0 Å². The minimum absolute atomic E-state index is 0. The van der Waals surface area contributed by atoms with E-state index in [0.717, 1.165) is 22.0 Å². The summed E-state index contributed by atoms with van der Waals surface area (Å²) < 4.78 is 5.29. The van der Waals surface area contributed by atoms with E-state index in [0.29, 0.717) is 16.3 Å². The van der Waals surface area contributed by atoms with Crippen molar-refractivity contribution in [1.82, 2.24) is 9.97 Å². The van der Waals surface area contributed by atoms with E-state index < -0.39 is 0 Å². The molecule has 3 rings (SSSR count). The molecule has 4 nitrogen and oxygen atoms in total. The fraction of sp³-hybridized carbons (Fsp3) is 0.0588. The molecule has 116 valence electrons. The first-order chi connectivity index (χ1) is 10.7. The number of benzene rings is 1. The maximum atomic E-state index is 9.53. The molecule has 0 aliphatic heterocycles. The van der Waals surface area contributed by atoms with Gasteiger partial charge in [0.25, 0.3) is 0 Å². The standard InChI is InChI=1S/C17H12ClN3O.ClH/c1-22-17-4-5-20-9-12(17)6-11(8-19)15-10-21-16-3-2-13(18)7-14(15)16;/h2-7,9-10,21H,1H3;1H/b11-6+;. The summed E-state index contributed by atoms with van der Waals surface area (Å²) in [6.45, 7) is 0. The number of rotatable bonds is 3. The molecule has 2 aromatic heterocycles. The number of H-pyrrole nitrogens is 1. The highest BCUT2D eigenvalue weighted by Gasteiger charge is 2.10. The minimum Gasteiger partial charge on any atom is -0.496 e. The molecule has 2 heterocycles. The molecule has 3 aromatic rings. The summed E-state index contributed by atoms with van der Waals surface area (Å²) in [7, 11) is 1.59. The Morgan fingerprint density at radius 3 is 2.96 bits per heavy atom. The molecule has 0 amide bonds. The number of nitrogens with one attached hydrogen (secondary N) is 1. The van der Waals surface area contributed by atoms with E-state index in [-0.39, 0.29) is 12.4 Å². The van der Waals surface area contributed by atoms with Gasteiger partial charge in [-0.05, 0) is 30.3 Å². The van der Waals surface area contributed by atoms with Crippen molar-refractivity contribution in [3.8, 4) is 11.8 Å². The maximum Gasteiger partial charge on any atom is 0.129 e. The lowest BCUT2D eigenvalue weighted by Gasteiger charge is -2.04. The van der Waals surface area contributed by atoms with Crippen LogP contribution >= 0.6 is 24.0 Å². The second-order valence-corrected chi connectivity index (χ2v) is 5.12. The lowest BCUT2D eigenvalue weighted by Crippen LogP contribution is -1.88. The molecule has 0 saturated carbocycles. The van der Waals surface area contributed by atoms with Crippen LogP contribution in [0.2, 0.25) is 5.02 Å². The SMILES string of the molecule is COc1ccncc1/C=C(\C#N)c1c[nH]c2ccc(Cl)cc12.Cl. The topological polar surface area (TPSA) is 61.7 Å². The van der Waals surface area contributed by atoms with E-state index in [1.54, 1.807) is 37.8 Å².